The van der Waals surface area contributed by atoms with Crippen molar-refractivity contribution in [3.8, 4) is 0 Å². The van der Waals surface area contributed by atoms with Gasteiger partial charge in [0.1, 0.15) is 6.61 Å². The molecular formula is C12H14N2O3. The van der Waals surface area contributed by atoms with Gasteiger partial charge in [-0.1, -0.05) is 35.5 Å². The van der Waals surface area contributed by atoms with Crippen LogP contribution >= 0.6 is 0 Å². The largest absolute Gasteiger partial charge is 0.445 e. The van der Waals surface area contributed by atoms with Crippen LogP contribution in [0.1, 0.15) is 12.0 Å². The Bertz CT molecular complexity index is 417. The number of carbonyl (C=O) groups is 1. The van der Waals surface area contributed by atoms with Gasteiger partial charge in [-0.3, -0.25) is 0 Å². The van der Waals surface area contributed by atoms with Crippen LogP contribution in [0, 0.1) is 0 Å². The van der Waals surface area contributed by atoms with Crippen LogP contribution in [-0.2, 0) is 11.3 Å². The van der Waals surface area contributed by atoms with Gasteiger partial charge in [0.05, 0.1) is 12.3 Å². The molecule has 0 atom stereocenters. The average molecular weight is 234 g/mol. The average Bonchev–Trinajstić information content (AvgIpc) is 2.86. The van der Waals surface area contributed by atoms with E-state index in [2.05, 4.69) is 5.16 Å². The molecule has 0 bridgehead atoms. The quantitative estimate of drug-likeness (QED) is 0.627. The molecule has 0 aliphatic carbocycles. The molecule has 1 aliphatic rings. The van der Waals surface area contributed by atoms with E-state index in [1.54, 1.807) is 0 Å². The van der Waals surface area contributed by atoms with Crippen LogP contribution < -0.4 is 0 Å². The zero-order chi connectivity index (χ0) is 12.1. The van der Waals surface area contributed by atoms with Gasteiger partial charge in [0, 0.05) is 13.0 Å². The van der Waals surface area contributed by atoms with Crippen LogP contribution in [0.5, 0.6) is 0 Å². The molecule has 0 aromatic heterocycles. The predicted octanol–water partition coefficient (Wildman–Crippen LogP) is 1.86. The maximum atomic E-state index is 11.6. The lowest BCUT2D eigenvalue weighted by Crippen LogP contribution is -2.29. The van der Waals surface area contributed by atoms with Crippen molar-refractivity contribution in [2.24, 2.45) is 5.16 Å². The first-order valence-electron chi connectivity index (χ1n) is 5.45. The van der Waals surface area contributed by atoms with Gasteiger partial charge in [-0.25, -0.2) is 4.79 Å². The monoisotopic (exact) mass is 234 g/mol. The zero-order valence-corrected chi connectivity index (χ0v) is 9.37. The SMILES string of the molecule is O=C(OCc1ccccc1)N1CC/C(=N/O)C1. The zero-order valence-electron chi connectivity index (χ0n) is 9.37. The maximum Gasteiger partial charge on any atom is 0.410 e. The van der Waals surface area contributed by atoms with Crippen LogP contribution in [0.2, 0.25) is 0 Å². The molecule has 5 nitrogen and oxygen atoms in total. The molecule has 1 aromatic carbocycles. The lowest BCUT2D eigenvalue weighted by Gasteiger charge is -2.14. The molecule has 1 aliphatic heterocycles. The Kier molecular flexibility index (Phi) is 3.59. The lowest BCUT2D eigenvalue weighted by atomic mass is 10.2. The van der Waals surface area contributed by atoms with E-state index in [1.807, 2.05) is 30.3 Å². The Labute approximate surface area is 99.3 Å². The highest BCUT2D eigenvalue weighted by Gasteiger charge is 2.24. The number of hydrogen-bond acceptors (Lipinski definition) is 4. The van der Waals surface area contributed by atoms with Crippen molar-refractivity contribution in [2.45, 2.75) is 13.0 Å². The van der Waals surface area contributed by atoms with Gasteiger partial charge < -0.3 is 14.8 Å². The Morgan fingerprint density at radius 1 is 1.41 bits per heavy atom. The van der Waals surface area contributed by atoms with Crippen molar-refractivity contribution < 1.29 is 14.7 Å². The minimum absolute atomic E-state index is 0.266. The summed E-state index contributed by atoms with van der Waals surface area (Å²) in [5, 5.41) is 11.7. The first kappa shape index (κ1) is 11.4. The molecule has 90 valence electrons. The third-order valence-corrected chi connectivity index (χ3v) is 2.65. The van der Waals surface area contributed by atoms with E-state index >= 15 is 0 Å². The summed E-state index contributed by atoms with van der Waals surface area (Å²) >= 11 is 0. The molecule has 1 fully saturated rings. The van der Waals surface area contributed by atoms with Crippen molar-refractivity contribution in [3.63, 3.8) is 0 Å². The first-order chi connectivity index (χ1) is 8.29. The number of oxime groups is 1. The molecule has 0 spiro atoms. The summed E-state index contributed by atoms with van der Waals surface area (Å²) in [6.45, 7) is 1.17. The Balaban J connectivity index is 1.82. The maximum absolute atomic E-state index is 11.6. The van der Waals surface area contributed by atoms with Gasteiger partial charge in [0.15, 0.2) is 0 Å². The van der Waals surface area contributed by atoms with Gasteiger partial charge in [-0.05, 0) is 5.56 Å². The van der Waals surface area contributed by atoms with Crippen molar-refractivity contribution in [2.75, 3.05) is 13.1 Å². The smallest absolute Gasteiger partial charge is 0.410 e. The van der Waals surface area contributed by atoms with E-state index in [9.17, 15) is 4.79 Å². The molecule has 0 saturated carbocycles. The fraction of sp³-hybridized carbons (Fsp3) is 0.333. The predicted molar refractivity (Wildman–Crippen MR) is 62.0 cm³/mol. The van der Waals surface area contributed by atoms with Crippen molar-refractivity contribution in [3.05, 3.63) is 35.9 Å². The van der Waals surface area contributed by atoms with Crippen molar-refractivity contribution in [1.29, 1.82) is 0 Å². The number of amides is 1. The molecule has 0 unspecified atom stereocenters. The number of hydrogen-bond donors (Lipinski definition) is 1. The Morgan fingerprint density at radius 3 is 2.82 bits per heavy atom. The highest BCUT2D eigenvalue weighted by molar-refractivity contribution is 5.91. The summed E-state index contributed by atoms with van der Waals surface area (Å²) in [7, 11) is 0. The number of nitrogens with zero attached hydrogens (tertiary/aromatic N) is 2. The Morgan fingerprint density at radius 2 is 2.18 bits per heavy atom. The van der Waals surface area contributed by atoms with Crippen LogP contribution in [0.15, 0.2) is 35.5 Å². The van der Waals surface area contributed by atoms with Crippen LogP contribution in [0.3, 0.4) is 0 Å². The molecule has 1 amide bonds. The van der Waals surface area contributed by atoms with Crippen LogP contribution in [0.4, 0.5) is 4.79 Å². The number of ether oxygens (including phenoxy) is 1. The Hall–Kier alpha value is -2.04. The van der Waals surface area contributed by atoms with Gasteiger partial charge in [-0.15, -0.1) is 0 Å². The molecule has 5 heteroatoms. The summed E-state index contributed by atoms with van der Waals surface area (Å²) < 4.78 is 5.16. The summed E-state index contributed by atoms with van der Waals surface area (Å²) in [6, 6.07) is 9.51. The highest BCUT2D eigenvalue weighted by Crippen LogP contribution is 2.09. The van der Waals surface area contributed by atoms with Gasteiger partial charge in [0.25, 0.3) is 0 Å². The number of rotatable bonds is 2. The summed E-state index contributed by atoms with van der Waals surface area (Å²) in [6.07, 6.45) is 0.240. The minimum atomic E-state index is -0.368. The molecule has 17 heavy (non-hydrogen) atoms. The normalized spacial score (nSPS) is 17.4. The lowest BCUT2D eigenvalue weighted by molar-refractivity contribution is 0.105. The molecule has 1 saturated heterocycles. The molecule has 0 radical (unpaired) electrons. The first-order valence-corrected chi connectivity index (χ1v) is 5.45. The molecule has 2 rings (SSSR count). The number of benzene rings is 1. The second kappa shape index (κ2) is 5.34. The fourth-order valence-electron chi connectivity index (χ4n) is 1.69. The fourth-order valence-corrected chi connectivity index (χ4v) is 1.69. The van der Waals surface area contributed by atoms with Crippen molar-refractivity contribution >= 4 is 11.8 Å². The minimum Gasteiger partial charge on any atom is -0.445 e. The standard InChI is InChI=1S/C12H14N2O3/c15-12(14-7-6-11(8-14)13-16)17-9-10-4-2-1-3-5-10/h1-5,16H,6-9H2/b13-11-. The number of likely N-dealkylation sites (tertiary alicyclic amines) is 1. The van der Waals surface area contributed by atoms with E-state index in [0.29, 0.717) is 25.2 Å². The second-order valence-corrected chi connectivity index (χ2v) is 3.88. The molecule has 1 N–H and O–H groups in total. The van der Waals surface area contributed by atoms with E-state index < -0.39 is 0 Å². The van der Waals surface area contributed by atoms with Gasteiger partial charge in [-0.2, -0.15) is 0 Å². The summed E-state index contributed by atoms with van der Waals surface area (Å²) in [4.78, 5) is 13.2. The topological polar surface area (TPSA) is 62.1 Å². The van der Waals surface area contributed by atoms with Gasteiger partial charge in [0.2, 0.25) is 0 Å². The van der Waals surface area contributed by atoms with E-state index in [4.69, 9.17) is 9.94 Å². The van der Waals surface area contributed by atoms with E-state index in [-0.39, 0.29) is 12.7 Å². The van der Waals surface area contributed by atoms with Gasteiger partial charge >= 0.3 is 6.09 Å². The molecule has 1 aromatic rings. The van der Waals surface area contributed by atoms with Crippen LogP contribution in [-0.4, -0.2) is 35.0 Å². The molecular weight excluding hydrogens is 220 g/mol. The van der Waals surface area contributed by atoms with Crippen LogP contribution in [0.25, 0.3) is 0 Å². The second-order valence-electron chi connectivity index (χ2n) is 3.88. The summed E-state index contributed by atoms with van der Waals surface area (Å²) in [5.41, 5.74) is 1.57. The highest BCUT2D eigenvalue weighted by atomic mass is 16.6. The van der Waals surface area contributed by atoms with E-state index in [1.165, 1.54) is 4.90 Å². The third-order valence-electron chi connectivity index (χ3n) is 2.65. The third kappa shape index (κ3) is 2.96. The van der Waals surface area contributed by atoms with Crippen molar-refractivity contribution in [1.82, 2.24) is 4.90 Å². The summed E-state index contributed by atoms with van der Waals surface area (Å²) in [5.74, 6) is 0. The van der Waals surface area contributed by atoms with E-state index in [0.717, 1.165) is 5.56 Å². The molecule has 1 heterocycles. The number of carbonyl (C=O) groups excluding carboxylic acids is 1.